The lowest BCUT2D eigenvalue weighted by Crippen LogP contribution is -2.51. The van der Waals surface area contributed by atoms with E-state index in [9.17, 15) is 13.2 Å². The third-order valence-electron chi connectivity index (χ3n) is 6.01. The van der Waals surface area contributed by atoms with Crippen molar-refractivity contribution in [2.45, 2.75) is 44.1 Å². The molecule has 0 unspecified atom stereocenters. The number of fused-ring (bicyclic) bond motifs is 1. The number of rotatable bonds is 7. The molecule has 7 nitrogen and oxygen atoms in total. The number of sulfonamides is 1. The van der Waals surface area contributed by atoms with E-state index in [-0.39, 0.29) is 30.0 Å². The van der Waals surface area contributed by atoms with Crippen molar-refractivity contribution < 1.29 is 22.7 Å². The van der Waals surface area contributed by atoms with Crippen LogP contribution in [0.2, 0.25) is 0 Å². The van der Waals surface area contributed by atoms with Crippen LogP contribution in [0.4, 0.5) is 5.69 Å². The van der Waals surface area contributed by atoms with E-state index >= 15 is 0 Å². The summed E-state index contributed by atoms with van der Waals surface area (Å²) in [4.78, 5) is 13.2. The van der Waals surface area contributed by atoms with Crippen molar-refractivity contribution in [3.63, 3.8) is 0 Å². The molecule has 8 heteroatoms. The number of aryl methyl sites for hydroxylation is 1. The van der Waals surface area contributed by atoms with Gasteiger partial charge in [-0.05, 0) is 54.3 Å². The van der Waals surface area contributed by atoms with E-state index in [1.807, 2.05) is 49.4 Å². The molecule has 3 aromatic rings. The fourth-order valence-corrected chi connectivity index (χ4v) is 5.36. The van der Waals surface area contributed by atoms with Crippen LogP contribution in [0.15, 0.2) is 77.7 Å². The molecule has 190 valence electrons. The molecule has 0 spiro atoms. The third kappa shape index (κ3) is 5.65. The van der Waals surface area contributed by atoms with E-state index in [4.69, 9.17) is 9.47 Å². The number of ether oxygens (including phenoxy) is 2. The number of nitrogens with zero attached hydrogens (tertiary/aromatic N) is 1. The number of hydrogen-bond acceptors (Lipinski definition) is 5. The Morgan fingerprint density at radius 1 is 1.06 bits per heavy atom. The van der Waals surface area contributed by atoms with E-state index in [1.54, 1.807) is 30.3 Å². The van der Waals surface area contributed by atoms with Gasteiger partial charge in [0.2, 0.25) is 0 Å². The van der Waals surface area contributed by atoms with Crippen LogP contribution in [-0.4, -0.2) is 40.1 Å². The van der Waals surface area contributed by atoms with Crippen LogP contribution in [0.25, 0.3) is 0 Å². The monoisotopic (exact) mass is 508 g/mol. The number of amides is 1. The van der Waals surface area contributed by atoms with E-state index in [0.717, 1.165) is 11.1 Å². The minimum absolute atomic E-state index is 0.137. The number of anilines is 1. The molecule has 4 rings (SSSR count). The molecule has 0 bridgehead atoms. The van der Waals surface area contributed by atoms with E-state index in [1.165, 1.54) is 4.31 Å². The predicted octanol–water partition coefficient (Wildman–Crippen LogP) is 4.44. The van der Waals surface area contributed by atoms with Crippen LogP contribution in [0.1, 0.15) is 31.9 Å². The van der Waals surface area contributed by atoms with Crippen LogP contribution in [-0.2, 0) is 20.2 Å². The SMILES string of the molecule is Cc1ccc(S(=O)(=O)N2C[C@@H](C(=O)NCCOc3ccccc3)Oc3ccc(C(C)(C)C)cc32)cc1. The van der Waals surface area contributed by atoms with Crippen molar-refractivity contribution in [1.82, 2.24) is 5.32 Å². The molecule has 0 aliphatic carbocycles. The highest BCUT2D eigenvalue weighted by Gasteiger charge is 2.38. The first-order valence-corrected chi connectivity index (χ1v) is 13.4. The smallest absolute Gasteiger partial charge is 0.264 e. The molecule has 1 aliphatic heterocycles. The zero-order valence-corrected chi connectivity index (χ0v) is 21.8. The molecule has 36 heavy (non-hydrogen) atoms. The fourth-order valence-electron chi connectivity index (χ4n) is 3.89. The minimum Gasteiger partial charge on any atom is -0.492 e. The van der Waals surface area contributed by atoms with E-state index in [2.05, 4.69) is 26.1 Å². The molecular weight excluding hydrogens is 476 g/mol. The van der Waals surface area contributed by atoms with Gasteiger partial charge in [0.1, 0.15) is 18.1 Å². The maximum absolute atomic E-state index is 13.7. The molecule has 1 N–H and O–H groups in total. The molecule has 1 atom stereocenters. The normalized spacial score (nSPS) is 15.6. The summed E-state index contributed by atoms with van der Waals surface area (Å²) in [6, 6.07) is 21.5. The summed E-state index contributed by atoms with van der Waals surface area (Å²) in [5.74, 6) is 0.659. The summed E-state index contributed by atoms with van der Waals surface area (Å²) in [6.45, 7) is 8.48. The van der Waals surface area contributed by atoms with Gasteiger partial charge < -0.3 is 14.8 Å². The lowest BCUT2D eigenvalue weighted by atomic mass is 9.86. The average molecular weight is 509 g/mol. The number of carbonyl (C=O) groups excluding carboxylic acids is 1. The van der Waals surface area contributed by atoms with Gasteiger partial charge in [-0.3, -0.25) is 9.10 Å². The van der Waals surface area contributed by atoms with Crippen molar-refractivity contribution in [2.24, 2.45) is 0 Å². The Balaban J connectivity index is 1.57. The summed E-state index contributed by atoms with van der Waals surface area (Å²) < 4.78 is 40.4. The second-order valence-corrected chi connectivity index (χ2v) is 11.7. The minimum atomic E-state index is -3.93. The number of hydrogen-bond donors (Lipinski definition) is 1. The zero-order valence-electron chi connectivity index (χ0n) is 21.0. The van der Waals surface area contributed by atoms with Crippen LogP contribution in [0.3, 0.4) is 0 Å². The summed E-state index contributed by atoms with van der Waals surface area (Å²) in [7, 11) is -3.93. The average Bonchev–Trinajstić information content (AvgIpc) is 2.85. The van der Waals surface area contributed by atoms with Crippen LogP contribution in [0, 0.1) is 6.92 Å². The molecule has 1 heterocycles. The van der Waals surface area contributed by atoms with E-state index < -0.39 is 22.0 Å². The highest BCUT2D eigenvalue weighted by atomic mass is 32.2. The second kappa shape index (κ2) is 10.2. The van der Waals surface area contributed by atoms with Gasteiger partial charge in [0.15, 0.2) is 6.10 Å². The standard InChI is InChI=1S/C28H32N2O5S/c1-20-10-13-23(14-11-20)36(32,33)30-19-26(27(31)29-16-17-34-22-8-6-5-7-9-22)35-25-15-12-21(18-24(25)30)28(2,3)4/h5-15,18,26H,16-17,19H2,1-4H3,(H,29,31)/t26-/m0/s1. The first kappa shape index (κ1) is 25.6. The second-order valence-electron chi connectivity index (χ2n) is 9.84. The molecular formula is C28H32N2O5S. The van der Waals surface area contributed by atoms with Crippen molar-refractivity contribution in [3.8, 4) is 11.5 Å². The van der Waals surface area contributed by atoms with Gasteiger partial charge >= 0.3 is 0 Å². The largest absolute Gasteiger partial charge is 0.492 e. The van der Waals surface area contributed by atoms with Crippen molar-refractivity contribution in [3.05, 3.63) is 83.9 Å². The molecule has 1 aliphatic rings. The Morgan fingerprint density at radius 2 is 1.75 bits per heavy atom. The summed E-state index contributed by atoms with van der Waals surface area (Å²) in [5, 5.41) is 2.80. The third-order valence-corrected chi connectivity index (χ3v) is 7.80. The molecule has 0 fully saturated rings. The summed E-state index contributed by atoms with van der Waals surface area (Å²) >= 11 is 0. The topological polar surface area (TPSA) is 84.9 Å². The van der Waals surface area contributed by atoms with Gasteiger partial charge in [-0.2, -0.15) is 0 Å². The highest BCUT2D eigenvalue weighted by molar-refractivity contribution is 7.92. The van der Waals surface area contributed by atoms with Crippen molar-refractivity contribution in [2.75, 3.05) is 24.0 Å². The van der Waals surface area contributed by atoms with Crippen LogP contribution < -0.4 is 19.1 Å². The molecule has 0 saturated heterocycles. The molecule has 3 aromatic carbocycles. The molecule has 0 saturated carbocycles. The van der Waals surface area contributed by atoms with Crippen LogP contribution >= 0.6 is 0 Å². The van der Waals surface area contributed by atoms with Crippen molar-refractivity contribution >= 4 is 21.6 Å². The fraction of sp³-hybridized carbons (Fsp3) is 0.321. The molecule has 0 aromatic heterocycles. The lowest BCUT2D eigenvalue weighted by Gasteiger charge is -2.36. The first-order chi connectivity index (χ1) is 17.1. The molecule has 0 radical (unpaired) electrons. The lowest BCUT2D eigenvalue weighted by molar-refractivity contribution is -0.127. The van der Waals surface area contributed by atoms with Crippen LogP contribution in [0.5, 0.6) is 11.5 Å². The number of nitrogens with one attached hydrogen (secondary N) is 1. The van der Waals surface area contributed by atoms with Gasteiger partial charge in [0.25, 0.3) is 15.9 Å². The Bertz CT molecular complexity index is 1320. The van der Waals surface area contributed by atoms with Crippen molar-refractivity contribution in [1.29, 1.82) is 0 Å². The van der Waals surface area contributed by atoms with Gasteiger partial charge in [0, 0.05) is 0 Å². The Labute approximate surface area is 213 Å². The van der Waals surface area contributed by atoms with Gasteiger partial charge in [-0.1, -0.05) is 62.7 Å². The number of benzene rings is 3. The first-order valence-electron chi connectivity index (χ1n) is 11.9. The summed E-state index contributed by atoms with van der Waals surface area (Å²) in [6.07, 6.45) is -1.00. The number of para-hydroxylation sites is 1. The quantitative estimate of drug-likeness (QED) is 0.477. The van der Waals surface area contributed by atoms with Gasteiger partial charge in [-0.15, -0.1) is 0 Å². The molecule has 1 amide bonds. The summed E-state index contributed by atoms with van der Waals surface area (Å²) in [5.41, 5.74) is 2.16. The maximum Gasteiger partial charge on any atom is 0.264 e. The number of carbonyl (C=O) groups is 1. The highest BCUT2D eigenvalue weighted by Crippen LogP contribution is 2.40. The Morgan fingerprint density at radius 3 is 2.42 bits per heavy atom. The van der Waals surface area contributed by atoms with Gasteiger partial charge in [0.05, 0.1) is 23.7 Å². The Hall–Kier alpha value is -3.52. The predicted molar refractivity (Wildman–Crippen MR) is 140 cm³/mol. The Kier molecular flexibility index (Phi) is 7.26. The van der Waals surface area contributed by atoms with E-state index in [0.29, 0.717) is 17.2 Å². The van der Waals surface area contributed by atoms with Gasteiger partial charge in [-0.25, -0.2) is 8.42 Å². The zero-order chi connectivity index (χ0) is 25.9. The maximum atomic E-state index is 13.7.